The number of nitrogens with zero attached hydrogens (tertiary/aromatic N) is 4. The van der Waals surface area contributed by atoms with E-state index in [2.05, 4.69) is 25.3 Å². The average molecular weight is 371 g/mol. The first-order valence-electron chi connectivity index (χ1n) is 8.60. The lowest BCUT2D eigenvalue weighted by atomic mass is 10.2. The lowest BCUT2D eigenvalue weighted by molar-refractivity contribution is 0.398. The molecule has 0 spiro atoms. The minimum Gasteiger partial charge on any atom is -0.481 e. The first-order chi connectivity index (χ1) is 13.8. The van der Waals surface area contributed by atoms with Crippen molar-refractivity contribution in [3.05, 3.63) is 79.4 Å². The molecule has 0 unspecified atom stereocenters. The summed E-state index contributed by atoms with van der Waals surface area (Å²) in [5, 5.41) is 3.23. The third-order valence-electron chi connectivity index (χ3n) is 3.89. The van der Waals surface area contributed by atoms with Crippen LogP contribution in [0.1, 0.15) is 0 Å². The summed E-state index contributed by atoms with van der Waals surface area (Å²) in [4.78, 5) is 17.2. The van der Waals surface area contributed by atoms with E-state index in [1.165, 1.54) is 0 Å². The second-order valence-corrected chi connectivity index (χ2v) is 5.74. The maximum Gasteiger partial charge on any atom is 0.246 e. The fourth-order valence-corrected chi connectivity index (χ4v) is 2.62. The number of hydrogen-bond acceptors (Lipinski definition) is 7. The van der Waals surface area contributed by atoms with Crippen LogP contribution in [0.5, 0.6) is 17.5 Å². The van der Waals surface area contributed by atoms with Crippen molar-refractivity contribution in [2.75, 3.05) is 12.4 Å². The van der Waals surface area contributed by atoms with Gasteiger partial charge in [-0.15, -0.1) is 0 Å². The molecule has 3 aromatic heterocycles. The van der Waals surface area contributed by atoms with Crippen LogP contribution < -0.4 is 14.8 Å². The van der Waals surface area contributed by atoms with Gasteiger partial charge >= 0.3 is 0 Å². The van der Waals surface area contributed by atoms with Gasteiger partial charge in [-0.2, -0.15) is 0 Å². The second kappa shape index (κ2) is 8.13. The van der Waals surface area contributed by atoms with Crippen molar-refractivity contribution < 1.29 is 9.47 Å². The van der Waals surface area contributed by atoms with Crippen molar-refractivity contribution in [1.29, 1.82) is 0 Å². The Labute approximate surface area is 162 Å². The lowest BCUT2D eigenvalue weighted by Crippen LogP contribution is -1.97. The van der Waals surface area contributed by atoms with Crippen LogP contribution in [0.25, 0.3) is 11.3 Å². The van der Waals surface area contributed by atoms with Crippen LogP contribution in [0.15, 0.2) is 79.4 Å². The lowest BCUT2D eigenvalue weighted by Gasteiger charge is -2.11. The molecular weight excluding hydrogens is 354 g/mol. The quantitative estimate of drug-likeness (QED) is 0.535. The van der Waals surface area contributed by atoms with E-state index in [1.54, 1.807) is 31.9 Å². The maximum absolute atomic E-state index is 5.97. The molecule has 0 atom stereocenters. The van der Waals surface area contributed by atoms with Gasteiger partial charge in [-0.3, -0.25) is 0 Å². The summed E-state index contributed by atoms with van der Waals surface area (Å²) in [6.45, 7) is 0. The second-order valence-electron chi connectivity index (χ2n) is 5.74. The Morgan fingerprint density at radius 1 is 0.714 bits per heavy atom. The monoisotopic (exact) mass is 371 g/mol. The molecule has 0 radical (unpaired) electrons. The van der Waals surface area contributed by atoms with Crippen molar-refractivity contribution in [1.82, 2.24) is 19.9 Å². The zero-order valence-electron chi connectivity index (χ0n) is 15.1. The number of nitrogens with one attached hydrogen (secondary N) is 1. The van der Waals surface area contributed by atoms with Gasteiger partial charge in [0.2, 0.25) is 11.8 Å². The Balaban J connectivity index is 1.57. The molecule has 0 amide bonds. The Morgan fingerprint density at radius 2 is 1.50 bits per heavy atom. The number of ether oxygens (including phenoxy) is 2. The van der Waals surface area contributed by atoms with Crippen LogP contribution in [-0.2, 0) is 0 Å². The topological polar surface area (TPSA) is 82.1 Å². The highest BCUT2D eigenvalue weighted by Gasteiger charge is 2.15. The highest BCUT2D eigenvalue weighted by atomic mass is 16.5. The van der Waals surface area contributed by atoms with Crippen molar-refractivity contribution in [2.24, 2.45) is 0 Å². The van der Waals surface area contributed by atoms with Crippen LogP contribution in [-0.4, -0.2) is 27.0 Å². The number of methoxy groups -OCH3 is 1. The van der Waals surface area contributed by atoms with E-state index < -0.39 is 0 Å². The zero-order valence-corrected chi connectivity index (χ0v) is 15.1. The highest BCUT2D eigenvalue weighted by molar-refractivity contribution is 5.69. The van der Waals surface area contributed by atoms with Gasteiger partial charge < -0.3 is 14.8 Å². The molecule has 0 aliphatic heterocycles. The minimum atomic E-state index is 0.374. The standard InChI is InChI=1S/C21H17N5O2/c1-27-20-17(5-4-12-24-20)19-21(25-14-13-23-19)28-16-9-7-15(8-10-16)26-18-6-2-3-11-22-18/h2-14H,1H3,(H,22,26). The molecule has 3 heterocycles. The summed E-state index contributed by atoms with van der Waals surface area (Å²) in [7, 11) is 1.57. The predicted octanol–water partition coefficient (Wildman–Crippen LogP) is 4.48. The summed E-state index contributed by atoms with van der Waals surface area (Å²) < 4.78 is 11.3. The molecule has 0 saturated carbocycles. The van der Waals surface area contributed by atoms with E-state index in [9.17, 15) is 0 Å². The Hall–Kier alpha value is -4.00. The normalized spacial score (nSPS) is 10.3. The van der Waals surface area contributed by atoms with Crippen molar-refractivity contribution in [3.8, 4) is 28.8 Å². The molecular formula is C21H17N5O2. The first kappa shape index (κ1) is 17.4. The van der Waals surface area contributed by atoms with Gasteiger partial charge in [0.05, 0.1) is 12.7 Å². The third-order valence-corrected chi connectivity index (χ3v) is 3.89. The highest BCUT2D eigenvalue weighted by Crippen LogP contribution is 2.34. The molecule has 0 fully saturated rings. The van der Waals surface area contributed by atoms with Crippen LogP contribution in [0, 0.1) is 0 Å². The maximum atomic E-state index is 5.97. The van der Waals surface area contributed by atoms with E-state index in [4.69, 9.17) is 9.47 Å². The number of hydrogen-bond donors (Lipinski definition) is 1. The van der Waals surface area contributed by atoms with Gasteiger partial charge in [-0.05, 0) is 48.5 Å². The molecule has 1 N–H and O–H groups in total. The van der Waals surface area contributed by atoms with Crippen LogP contribution in [0.3, 0.4) is 0 Å². The van der Waals surface area contributed by atoms with Crippen LogP contribution in [0.2, 0.25) is 0 Å². The molecule has 0 bridgehead atoms. The van der Waals surface area contributed by atoms with E-state index in [-0.39, 0.29) is 0 Å². The summed E-state index contributed by atoms with van der Waals surface area (Å²) in [5.41, 5.74) is 2.17. The number of pyridine rings is 2. The average Bonchev–Trinajstić information content (AvgIpc) is 2.76. The predicted molar refractivity (Wildman–Crippen MR) is 106 cm³/mol. The largest absolute Gasteiger partial charge is 0.481 e. The smallest absolute Gasteiger partial charge is 0.246 e. The number of benzene rings is 1. The van der Waals surface area contributed by atoms with Gasteiger partial charge in [-0.1, -0.05) is 6.07 Å². The van der Waals surface area contributed by atoms with E-state index >= 15 is 0 Å². The molecule has 28 heavy (non-hydrogen) atoms. The Morgan fingerprint density at radius 3 is 2.29 bits per heavy atom. The van der Waals surface area contributed by atoms with E-state index in [0.29, 0.717) is 28.8 Å². The van der Waals surface area contributed by atoms with Crippen molar-refractivity contribution in [3.63, 3.8) is 0 Å². The molecule has 4 rings (SSSR count). The first-order valence-corrected chi connectivity index (χ1v) is 8.60. The third kappa shape index (κ3) is 3.88. The molecule has 0 aliphatic carbocycles. The van der Waals surface area contributed by atoms with E-state index in [1.807, 2.05) is 54.6 Å². The van der Waals surface area contributed by atoms with Gasteiger partial charge in [0.15, 0.2) is 0 Å². The molecule has 1 aromatic carbocycles. The number of anilines is 2. The van der Waals surface area contributed by atoms with Crippen molar-refractivity contribution >= 4 is 11.5 Å². The Bertz CT molecular complexity index is 1060. The molecule has 7 heteroatoms. The molecule has 138 valence electrons. The molecule has 4 aromatic rings. The molecule has 7 nitrogen and oxygen atoms in total. The van der Waals surface area contributed by atoms with E-state index in [0.717, 1.165) is 11.5 Å². The zero-order chi connectivity index (χ0) is 19.2. The SMILES string of the molecule is COc1ncccc1-c1nccnc1Oc1ccc(Nc2ccccn2)cc1. The summed E-state index contributed by atoms with van der Waals surface area (Å²) in [6.07, 6.45) is 6.59. The van der Waals surface area contributed by atoms with Gasteiger partial charge in [0, 0.05) is 30.5 Å². The fraction of sp³-hybridized carbons (Fsp3) is 0.0476. The number of rotatable bonds is 6. The molecule has 0 saturated heterocycles. The fourth-order valence-electron chi connectivity index (χ4n) is 2.62. The summed E-state index contributed by atoms with van der Waals surface area (Å²) in [6, 6.07) is 16.9. The van der Waals surface area contributed by atoms with Gasteiger partial charge in [0.25, 0.3) is 0 Å². The summed E-state index contributed by atoms with van der Waals surface area (Å²) in [5.74, 6) is 2.24. The van der Waals surface area contributed by atoms with Crippen LogP contribution in [0.4, 0.5) is 11.5 Å². The van der Waals surface area contributed by atoms with Crippen LogP contribution >= 0.6 is 0 Å². The van der Waals surface area contributed by atoms with Gasteiger partial charge in [0.1, 0.15) is 17.3 Å². The minimum absolute atomic E-state index is 0.374. The Kier molecular flexibility index (Phi) is 5.06. The summed E-state index contributed by atoms with van der Waals surface area (Å²) >= 11 is 0. The molecule has 0 aliphatic rings. The van der Waals surface area contributed by atoms with Gasteiger partial charge in [-0.25, -0.2) is 19.9 Å². The number of aromatic nitrogens is 4. The van der Waals surface area contributed by atoms with Crippen molar-refractivity contribution in [2.45, 2.75) is 0 Å².